The Bertz CT molecular complexity index is 83.4. The van der Waals surface area contributed by atoms with Crippen LogP contribution in [-0.4, -0.2) is 8.11 Å². The zero-order valence-corrected chi connectivity index (χ0v) is 7.71. The van der Waals surface area contributed by atoms with Gasteiger partial charge in [-0.3, -0.25) is 0 Å². The van der Waals surface area contributed by atoms with Gasteiger partial charge in [0.1, 0.15) is 0 Å². The second kappa shape index (κ2) is 2.46. The first-order chi connectivity index (χ1) is 2.94. The fourth-order valence-corrected chi connectivity index (χ4v) is 0. The molecule has 0 N–H and O–H groups in total. The molecular weight excluding hydrogens is 296 g/mol. The van der Waals surface area contributed by atoms with Crippen molar-refractivity contribution in [1.29, 1.82) is 0 Å². The smallest absolute Gasteiger partial charge is 0.244 e. The van der Waals surface area contributed by atoms with Gasteiger partial charge in [-0.1, -0.05) is 0 Å². The topological polar surface area (TPSA) is 37.0 Å². The van der Waals surface area contributed by atoms with E-state index in [0.717, 1.165) is 0 Å². The number of halogens is 3. The van der Waals surface area contributed by atoms with Gasteiger partial charge in [-0.15, -0.1) is 0 Å². The first kappa shape index (κ1) is 7.91. The first-order valence-electron chi connectivity index (χ1n) is 1.23. The van der Waals surface area contributed by atoms with Gasteiger partial charge in [-0.25, -0.2) is 9.90 Å². The van der Waals surface area contributed by atoms with Crippen molar-refractivity contribution in [1.82, 2.24) is 0 Å². The second-order valence-corrected chi connectivity index (χ2v) is 7.55. The summed E-state index contributed by atoms with van der Waals surface area (Å²) in [5, 5.41) is 9.77. The van der Waals surface area contributed by atoms with E-state index in [4.69, 9.17) is 0 Å². The third-order valence-electron chi connectivity index (χ3n) is 0.231. The lowest BCUT2D eigenvalue weighted by molar-refractivity contribution is -0.140. The van der Waals surface area contributed by atoms with Gasteiger partial charge >= 0.3 is 5.97 Å². The van der Waals surface area contributed by atoms with Crippen molar-refractivity contribution in [2.45, 2.75) is 2.14 Å². The minimum Gasteiger partial charge on any atom is -0.244 e. The molecule has 0 aromatic carbocycles. The van der Waals surface area contributed by atoms with Gasteiger partial charge in [0.05, 0.1) is 0 Å². The van der Waals surface area contributed by atoms with Crippen LogP contribution >= 0.6 is 47.8 Å². The van der Waals surface area contributed by atoms with E-state index in [-0.39, 0.29) is 0 Å². The largest absolute Gasteiger partial charge is 0.393 e. The summed E-state index contributed by atoms with van der Waals surface area (Å²) in [6.45, 7) is 0. The molecule has 0 aliphatic carbocycles. The number of hydrogen-bond acceptors (Lipinski definition) is 1. The van der Waals surface area contributed by atoms with Crippen LogP contribution in [0.1, 0.15) is 0 Å². The highest BCUT2D eigenvalue weighted by atomic mass is 80.0. The van der Waals surface area contributed by atoms with Gasteiger partial charge in [0, 0.05) is 0 Å². The van der Waals surface area contributed by atoms with E-state index in [1.807, 2.05) is 0 Å². The zero-order chi connectivity index (χ0) is 6.08. The molecule has 0 amide bonds. The van der Waals surface area contributed by atoms with Gasteiger partial charge in [-0.2, -0.15) is 0 Å². The fourth-order valence-electron chi connectivity index (χ4n) is 0. The van der Waals surface area contributed by atoms with E-state index in [0.29, 0.717) is 0 Å². The molecule has 7 heavy (non-hydrogen) atoms. The van der Waals surface area contributed by atoms with Gasteiger partial charge in [0.15, 0.2) is 0 Å². The highest BCUT2D eigenvalue weighted by Gasteiger charge is 2.29. The van der Waals surface area contributed by atoms with Crippen LogP contribution in [0.25, 0.3) is 0 Å². The molecule has 0 heterocycles. The van der Waals surface area contributed by atoms with Crippen LogP contribution in [0.15, 0.2) is 0 Å². The van der Waals surface area contributed by atoms with Crippen LogP contribution in [0, 0.1) is 0 Å². The van der Waals surface area contributed by atoms with Gasteiger partial charge in [0.2, 0.25) is 2.14 Å². The molecule has 0 atom stereocenters. The van der Waals surface area contributed by atoms with Crippen LogP contribution in [0.4, 0.5) is 0 Å². The summed E-state index contributed by atoms with van der Waals surface area (Å²) in [4.78, 5) is 9.77. The fraction of sp³-hybridized carbons (Fsp3) is 0.500. The van der Waals surface area contributed by atoms with Crippen LogP contribution < -0.4 is 0 Å². The molecule has 0 rings (SSSR count). The highest BCUT2D eigenvalue weighted by molar-refractivity contribution is 9.40. The van der Waals surface area contributed by atoms with E-state index in [9.17, 15) is 9.90 Å². The first-order valence-corrected chi connectivity index (χ1v) is 3.60. The Morgan fingerprint density at radius 1 is 1.29 bits per heavy atom. The number of alkyl halides is 3. The summed E-state index contributed by atoms with van der Waals surface area (Å²) in [6.07, 6.45) is 0. The Labute approximate surface area is 65.7 Å². The number of carbonyl (C=O) groups excluding carboxylic acids is 1. The van der Waals surface area contributed by atoms with Crippen molar-refractivity contribution in [3.63, 3.8) is 0 Å². The van der Waals surface area contributed by atoms with E-state index in [2.05, 4.69) is 47.8 Å². The zero-order valence-electron chi connectivity index (χ0n) is 2.95. The lowest BCUT2D eigenvalue weighted by Crippen LogP contribution is -2.13. The summed E-state index contributed by atoms with van der Waals surface area (Å²) in [6, 6.07) is 0. The normalized spacial score (nSPS) is 11.3. The molecule has 0 aliphatic rings. The Morgan fingerprint density at radius 2 is 1.43 bits per heavy atom. The molecule has 0 saturated heterocycles. The lowest BCUT2D eigenvalue weighted by Gasteiger charge is -1.98. The molecule has 0 fully saturated rings. The minimum absolute atomic E-state index is 1.26. The van der Waals surface area contributed by atoms with E-state index >= 15 is 0 Å². The van der Waals surface area contributed by atoms with Gasteiger partial charge in [0.25, 0.3) is 0 Å². The third kappa shape index (κ3) is 3.49. The van der Waals surface area contributed by atoms with E-state index < -0.39 is 8.11 Å². The highest BCUT2D eigenvalue weighted by Crippen LogP contribution is 2.33. The van der Waals surface area contributed by atoms with Gasteiger partial charge in [-0.05, 0) is 47.8 Å². The van der Waals surface area contributed by atoms with Crippen molar-refractivity contribution in [2.75, 3.05) is 0 Å². The molecule has 5 heteroatoms. The summed E-state index contributed by atoms with van der Waals surface area (Å²) in [7, 11) is 0. The minimum atomic E-state index is -1.26. The predicted molar refractivity (Wildman–Crippen MR) is 35.2 cm³/mol. The monoisotopic (exact) mass is 293 g/mol. The maximum Gasteiger partial charge on any atom is 0.393 e. The number of hydrogen-bond donors (Lipinski definition) is 0. The van der Waals surface area contributed by atoms with Crippen molar-refractivity contribution < 1.29 is 9.90 Å². The van der Waals surface area contributed by atoms with Crippen LogP contribution in [0.3, 0.4) is 0 Å². The summed E-state index contributed by atoms with van der Waals surface area (Å²) in [5.74, 6) is -1.26. The SMILES string of the molecule is [O]C(=O)C(Br)(Br)Br. The van der Waals surface area contributed by atoms with Crippen LogP contribution in [-0.2, 0) is 9.90 Å². The standard InChI is InChI=1S/C2Br3O2/c3-2(4,5)1(6)7. The molecule has 0 aromatic heterocycles. The molecule has 2 nitrogen and oxygen atoms in total. The van der Waals surface area contributed by atoms with E-state index in [1.54, 1.807) is 0 Å². The Balaban J connectivity index is 3.79. The summed E-state index contributed by atoms with van der Waals surface area (Å²) < 4.78 is -1.26. The number of rotatable bonds is 0. The maximum absolute atomic E-state index is 9.77. The molecule has 0 aromatic rings. The van der Waals surface area contributed by atoms with Gasteiger partial charge < -0.3 is 0 Å². The lowest BCUT2D eigenvalue weighted by atomic mass is 10.8. The predicted octanol–water partition coefficient (Wildman–Crippen LogP) is 1.78. The maximum atomic E-state index is 9.77. The third-order valence-corrected chi connectivity index (χ3v) is 1.20. The van der Waals surface area contributed by atoms with Crippen LogP contribution in [0.5, 0.6) is 0 Å². The average molecular weight is 296 g/mol. The molecular formula is C2Br3O2. The van der Waals surface area contributed by atoms with Crippen molar-refractivity contribution in [3.8, 4) is 0 Å². The molecule has 1 radical (unpaired) electrons. The molecule has 0 unspecified atom stereocenters. The van der Waals surface area contributed by atoms with Crippen molar-refractivity contribution in [3.05, 3.63) is 0 Å². The quantitative estimate of drug-likeness (QED) is 0.628. The van der Waals surface area contributed by atoms with Crippen molar-refractivity contribution in [2.24, 2.45) is 0 Å². The Kier molecular flexibility index (Phi) is 2.78. The van der Waals surface area contributed by atoms with Crippen molar-refractivity contribution >= 4 is 53.8 Å². The molecule has 0 saturated carbocycles. The summed E-state index contributed by atoms with van der Waals surface area (Å²) >= 11 is 8.14. The second-order valence-electron chi connectivity index (χ2n) is 0.785. The Hall–Kier alpha value is 0.910. The summed E-state index contributed by atoms with van der Waals surface area (Å²) in [5.41, 5.74) is 0. The number of carbonyl (C=O) groups is 1. The molecule has 41 valence electrons. The molecule has 0 bridgehead atoms. The molecule has 0 spiro atoms. The van der Waals surface area contributed by atoms with E-state index in [1.165, 1.54) is 0 Å². The molecule has 0 aliphatic heterocycles. The van der Waals surface area contributed by atoms with Crippen LogP contribution in [0.2, 0.25) is 0 Å². The average Bonchev–Trinajstić information content (AvgIpc) is 1.31. The Morgan fingerprint density at radius 3 is 1.43 bits per heavy atom.